The Kier molecular flexibility index (Phi) is 10.9. The molecule has 1 heterocycles. The summed E-state index contributed by atoms with van der Waals surface area (Å²) in [7, 11) is 3.66. The van der Waals surface area contributed by atoms with Gasteiger partial charge in [0.05, 0.1) is 29.1 Å². The molecule has 8 heteroatoms. The van der Waals surface area contributed by atoms with E-state index in [4.69, 9.17) is 33.3 Å². The number of ether oxygens (including phenoxy) is 1. The second-order valence-electron chi connectivity index (χ2n) is 9.17. The zero-order valence-corrected chi connectivity index (χ0v) is 23.6. The Morgan fingerprint density at radius 2 is 1.92 bits per heavy atom. The van der Waals surface area contributed by atoms with Gasteiger partial charge in [-0.2, -0.15) is 0 Å². The monoisotopic (exact) mass is 552 g/mol. The molecule has 0 aliphatic rings. The number of nitrogens with one attached hydrogen (secondary N) is 2. The first kappa shape index (κ1) is 29.4. The number of rotatable bonds is 14. The van der Waals surface area contributed by atoms with Gasteiger partial charge in [0.25, 0.3) is 0 Å². The standard InChI is InChI=1S/C30H34Cl2N4O2/c1-5-6-7-14-36(3)20(2)22-10-8-21(9-11-22)18-35-29-26(15-24(32)16-28(29)38-4)30(37)27(33)17-25-13-12-23(31)19-34-25/h5,8-13,15-16,19-20,33,35H,1,6-7,14,17-18H2,2-4H3. The summed E-state index contributed by atoms with van der Waals surface area (Å²) in [5.74, 6) is -0.0154. The molecule has 1 unspecified atom stereocenters. The van der Waals surface area contributed by atoms with Crippen molar-refractivity contribution in [3.05, 3.63) is 99.8 Å². The minimum absolute atomic E-state index is 0.0754. The molecular formula is C30H34Cl2N4O2. The number of benzene rings is 2. The van der Waals surface area contributed by atoms with E-state index in [0.717, 1.165) is 24.9 Å². The summed E-state index contributed by atoms with van der Waals surface area (Å²) in [6.07, 6.45) is 5.62. The highest BCUT2D eigenvalue weighted by Crippen LogP contribution is 2.34. The number of nitrogens with zero attached hydrogens (tertiary/aromatic N) is 2. The molecule has 1 aromatic heterocycles. The third-order valence-corrected chi connectivity index (χ3v) is 6.91. The fraction of sp³-hybridized carbons (Fsp3) is 0.300. The van der Waals surface area contributed by atoms with Gasteiger partial charge in [-0.05, 0) is 62.7 Å². The number of hydrogen-bond acceptors (Lipinski definition) is 6. The number of aromatic nitrogens is 1. The number of methoxy groups -OCH3 is 1. The maximum absolute atomic E-state index is 13.3. The van der Waals surface area contributed by atoms with Gasteiger partial charge in [-0.25, -0.2) is 0 Å². The topological polar surface area (TPSA) is 78.3 Å². The number of anilines is 1. The van der Waals surface area contributed by atoms with Gasteiger partial charge in [-0.1, -0.05) is 53.5 Å². The minimum Gasteiger partial charge on any atom is -0.495 e. The molecule has 2 N–H and O–H groups in total. The molecule has 0 radical (unpaired) electrons. The van der Waals surface area contributed by atoms with Crippen molar-refractivity contribution in [2.45, 2.75) is 38.8 Å². The number of unbranched alkanes of at least 4 members (excludes halogenated alkanes) is 1. The quantitative estimate of drug-likeness (QED) is 0.0941. The lowest BCUT2D eigenvalue weighted by molar-refractivity contribution is 0.106. The number of allylic oxidation sites excluding steroid dienone is 1. The molecule has 0 saturated heterocycles. The van der Waals surface area contributed by atoms with Crippen LogP contribution < -0.4 is 10.1 Å². The van der Waals surface area contributed by atoms with Crippen molar-refractivity contribution in [3.63, 3.8) is 0 Å². The highest BCUT2D eigenvalue weighted by Gasteiger charge is 2.21. The normalized spacial score (nSPS) is 11.7. The van der Waals surface area contributed by atoms with Crippen molar-refractivity contribution in [1.29, 1.82) is 5.41 Å². The van der Waals surface area contributed by atoms with Gasteiger partial charge >= 0.3 is 0 Å². The van der Waals surface area contributed by atoms with E-state index in [2.05, 4.69) is 60.0 Å². The van der Waals surface area contributed by atoms with E-state index >= 15 is 0 Å². The summed E-state index contributed by atoms with van der Waals surface area (Å²) < 4.78 is 5.53. The number of ketones is 1. The minimum atomic E-state index is -0.450. The van der Waals surface area contributed by atoms with Crippen LogP contribution in [-0.4, -0.2) is 42.1 Å². The van der Waals surface area contributed by atoms with Gasteiger partial charge in [0.15, 0.2) is 0 Å². The average molecular weight is 554 g/mol. The average Bonchev–Trinajstić information content (AvgIpc) is 2.92. The molecule has 0 fully saturated rings. The van der Waals surface area contributed by atoms with Crippen LogP contribution in [0.4, 0.5) is 5.69 Å². The third kappa shape index (κ3) is 7.90. The van der Waals surface area contributed by atoms with Gasteiger partial charge in [-0.3, -0.25) is 14.7 Å². The smallest absolute Gasteiger partial charge is 0.209 e. The number of halogens is 2. The fourth-order valence-electron chi connectivity index (χ4n) is 4.08. The molecule has 3 rings (SSSR count). The lowest BCUT2D eigenvalue weighted by Gasteiger charge is -2.25. The maximum Gasteiger partial charge on any atom is 0.209 e. The molecule has 0 amide bonds. The summed E-state index contributed by atoms with van der Waals surface area (Å²) >= 11 is 12.2. The van der Waals surface area contributed by atoms with Crippen LogP contribution in [0.1, 0.15) is 53.0 Å². The Morgan fingerprint density at radius 3 is 2.55 bits per heavy atom. The summed E-state index contributed by atoms with van der Waals surface area (Å²) in [6.45, 7) is 7.47. The Labute approximate surface area is 235 Å². The van der Waals surface area contributed by atoms with Crippen molar-refractivity contribution < 1.29 is 9.53 Å². The molecule has 0 spiro atoms. The molecule has 6 nitrogen and oxygen atoms in total. The molecule has 0 aliphatic heterocycles. The summed E-state index contributed by atoms with van der Waals surface area (Å²) in [5, 5.41) is 12.6. The number of carbonyl (C=O) groups excluding carboxylic acids is 1. The van der Waals surface area contributed by atoms with Crippen LogP contribution in [-0.2, 0) is 13.0 Å². The molecule has 0 aliphatic carbocycles. The molecule has 38 heavy (non-hydrogen) atoms. The van der Waals surface area contributed by atoms with E-state index in [0.29, 0.717) is 39.8 Å². The van der Waals surface area contributed by atoms with Gasteiger partial charge in [-0.15, -0.1) is 6.58 Å². The Bertz CT molecular complexity index is 1260. The van der Waals surface area contributed by atoms with Crippen LogP contribution in [0.25, 0.3) is 0 Å². The first-order valence-corrected chi connectivity index (χ1v) is 13.2. The van der Waals surface area contributed by atoms with Crippen LogP contribution in [0, 0.1) is 5.41 Å². The Hall–Kier alpha value is -3.19. The van der Waals surface area contributed by atoms with Crippen LogP contribution >= 0.6 is 23.2 Å². The number of pyridine rings is 1. The predicted octanol–water partition coefficient (Wildman–Crippen LogP) is 7.41. The van der Waals surface area contributed by atoms with Crippen molar-refractivity contribution in [1.82, 2.24) is 9.88 Å². The maximum atomic E-state index is 13.3. The summed E-state index contributed by atoms with van der Waals surface area (Å²) in [5.41, 5.74) is 3.53. The lowest BCUT2D eigenvalue weighted by Crippen LogP contribution is -2.23. The SMILES string of the molecule is C=CCCCN(C)C(C)c1ccc(CNc2c(OC)cc(Cl)cc2C(=O)C(=N)Cc2ccc(Cl)cn2)cc1. The van der Waals surface area contributed by atoms with Gasteiger partial charge in [0, 0.05) is 42.0 Å². The zero-order valence-electron chi connectivity index (χ0n) is 22.1. The van der Waals surface area contributed by atoms with Gasteiger partial charge in [0.1, 0.15) is 5.75 Å². The third-order valence-electron chi connectivity index (χ3n) is 6.46. The molecule has 0 bridgehead atoms. The van der Waals surface area contributed by atoms with Crippen LogP contribution in [0.5, 0.6) is 5.75 Å². The lowest BCUT2D eigenvalue weighted by atomic mass is 10.00. The molecular weight excluding hydrogens is 519 g/mol. The van der Waals surface area contributed by atoms with Crippen molar-refractivity contribution >= 4 is 40.4 Å². The van der Waals surface area contributed by atoms with Gasteiger partial charge < -0.3 is 15.5 Å². The Balaban J connectivity index is 1.74. The molecule has 200 valence electrons. The number of Topliss-reactive ketones (excluding diaryl/α,β-unsaturated/α-hetero) is 1. The molecule has 2 aromatic carbocycles. The van der Waals surface area contributed by atoms with Gasteiger partial charge in [0.2, 0.25) is 5.78 Å². The van der Waals surface area contributed by atoms with E-state index in [1.807, 2.05) is 6.08 Å². The van der Waals surface area contributed by atoms with Crippen LogP contribution in [0.3, 0.4) is 0 Å². The van der Waals surface area contributed by atoms with E-state index in [-0.39, 0.29) is 17.7 Å². The first-order valence-electron chi connectivity index (χ1n) is 12.5. The Morgan fingerprint density at radius 1 is 1.18 bits per heavy atom. The second kappa shape index (κ2) is 14.1. The summed E-state index contributed by atoms with van der Waals surface area (Å²) in [6, 6.07) is 15.3. The summed E-state index contributed by atoms with van der Waals surface area (Å²) in [4.78, 5) is 19.8. The van der Waals surface area contributed by atoms with E-state index < -0.39 is 5.78 Å². The van der Waals surface area contributed by atoms with E-state index in [1.165, 1.54) is 18.9 Å². The zero-order chi connectivity index (χ0) is 27.7. The molecule has 3 aromatic rings. The van der Waals surface area contributed by atoms with Crippen molar-refractivity contribution in [2.24, 2.45) is 0 Å². The van der Waals surface area contributed by atoms with Crippen molar-refractivity contribution in [3.8, 4) is 5.75 Å². The highest BCUT2D eigenvalue weighted by molar-refractivity contribution is 6.47. The highest BCUT2D eigenvalue weighted by atomic mass is 35.5. The van der Waals surface area contributed by atoms with E-state index in [9.17, 15) is 4.79 Å². The number of carbonyl (C=O) groups is 1. The van der Waals surface area contributed by atoms with Crippen molar-refractivity contribution in [2.75, 3.05) is 26.0 Å². The number of hydrogen-bond donors (Lipinski definition) is 2. The predicted molar refractivity (Wildman–Crippen MR) is 157 cm³/mol. The van der Waals surface area contributed by atoms with Crippen LogP contribution in [0.2, 0.25) is 10.0 Å². The first-order chi connectivity index (χ1) is 18.2. The van der Waals surface area contributed by atoms with Crippen LogP contribution in [0.15, 0.2) is 67.4 Å². The largest absolute Gasteiger partial charge is 0.495 e. The molecule has 1 atom stereocenters. The fourth-order valence-corrected chi connectivity index (χ4v) is 4.40. The molecule has 0 saturated carbocycles. The second-order valence-corrected chi connectivity index (χ2v) is 10.0. The van der Waals surface area contributed by atoms with E-state index in [1.54, 1.807) is 24.3 Å².